The van der Waals surface area contributed by atoms with Crippen LogP contribution in [-0.4, -0.2) is 16.0 Å². The highest BCUT2D eigenvalue weighted by Gasteiger charge is 2.57. The molecule has 4 rings (SSSR count). The first-order valence-electron chi connectivity index (χ1n) is 9.16. The van der Waals surface area contributed by atoms with E-state index in [4.69, 9.17) is 11.6 Å². The number of hydrogen-bond acceptors (Lipinski definition) is 3. The van der Waals surface area contributed by atoms with E-state index < -0.39 is 0 Å². The molecule has 1 aromatic heterocycles. The number of allylic oxidation sites excluding steroid dienone is 2. The smallest absolute Gasteiger partial charge is 0.142 e. The highest BCUT2D eigenvalue weighted by molar-refractivity contribution is 6.32. The molecule has 26 heavy (non-hydrogen) atoms. The summed E-state index contributed by atoms with van der Waals surface area (Å²) in [5.41, 5.74) is 7.63. The lowest BCUT2D eigenvalue weighted by atomic mass is 9.69. The van der Waals surface area contributed by atoms with E-state index in [1.165, 1.54) is 18.5 Å². The van der Waals surface area contributed by atoms with Gasteiger partial charge in [-0.05, 0) is 43.2 Å². The average molecular weight is 369 g/mol. The molecule has 0 unspecified atom stereocenters. The van der Waals surface area contributed by atoms with Crippen LogP contribution >= 0.6 is 11.6 Å². The number of nitrogens with one attached hydrogen (secondary N) is 1. The molecule has 1 saturated carbocycles. The van der Waals surface area contributed by atoms with Gasteiger partial charge in [0.05, 0.1) is 23.2 Å². The lowest BCUT2D eigenvalue weighted by Crippen LogP contribution is -2.33. The zero-order valence-electron chi connectivity index (χ0n) is 15.8. The Morgan fingerprint density at radius 2 is 2.00 bits per heavy atom. The van der Waals surface area contributed by atoms with Gasteiger partial charge in [0.25, 0.3) is 0 Å². The van der Waals surface area contributed by atoms with Crippen molar-refractivity contribution in [3.63, 3.8) is 0 Å². The number of aryl methyl sites for hydroxylation is 1. The summed E-state index contributed by atoms with van der Waals surface area (Å²) in [5, 5.41) is 9.63. The monoisotopic (exact) mass is 368 g/mol. The Balaban J connectivity index is 1.56. The van der Waals surface area contributed by atoms with Gasteiger partial charge >= 0.3 is 0 Å². The van der Waals surface area contributed by atoms with Gasteiger partial charge in [-0.1, -0.05) is 56.6 Å². The Bertz CT molecular complexity index is 894. The first kappa shape index (κ1) is 17.3. The van der Waals surface area contributed by atoms with Crippen molar-refractivity contribution in [2.45, 2.75) is 40.5 Å². The maximum Gasteiger partial charge on any atom is 0.142 e. The van der Waals surface area contributed by atoms with Crippen LogP contribution in [0.25, 0.3) is 5.69 Å². The molecule has 2 aliphatic rings. The van der Waals surface area contributed by atoms with Crippen molar-refractivity contribution in [2.24, 2.45) is 21.8 Å². The molecule has 0 radical (unpaired) electrons. The van der Waals surface area contributed by atoms with Crippen molar-refractivity contribution in [1.29, 1.82) is 0 Å². The SMILES string of the molecule is Cc1nn(-c2ccccc2)c(Cl)c1/C=N\NC1=C[C@@H]2CC[C@]1(C)C2(C)C. The minimum atomic E-state index is 0.169. The minimum Gasteiger partial charge on any atom is -0.282 e. The van der Waals surface area contributed by atoms with Crippen LogP contribution < -0.4 is 5.43 Å². The highest BCUT2D eigenvalue weighted by Crippen LogP contribution is 2.64. The molecule has 2 atom stereocenters. The number of hydrogen-bond donors (Lipinski definition) is 1. The summed E-state index contributed by atoms with van der Waals surface area (Å²) in [6, 6.07) is 9.90. The maximum absolute atomic E-state index is 6.56. The van der Waals surface area contributed by atoms with Crippen molar-refractivity contribution in [1.82, 2.24) is 15.2 Å². The zero-order chi connectivity index (χ0) is 18.5. The Kier molecular flexibility index (Phi) is 3.99. The number of benzene rings is 1. The molecule has 5 heteroatoms. The Labute approximate surface area is 159 Å². The van der Waals surface area contributed by atoms with Crippen LogP contribution in [-0.2, 0) is 0 Å². The second kappa shape index (κ2) is 5.98. The largest absolute Gasteiger partial charge is 0.282 e. The first-order valence-corrected chi connectivity index (χ1v) is 9.54. The van der Waals surface area contributed by atoms with Gasteiger partial charge in [-0.25, -0.2) is 4.68 Å². The van der Waals surface area contributed by atoms with Gasteiger partial charge < -0.3 is 0 Å². The van der Waals surface area contributed by atoms with Crippen LogP contribution in [0.3, 0.4) is 0 Å². The fraction of sp³-hybridized carbons (Fsp3) is 0.429. The Morgan fingerprint density at radius 1 is 1.27 bits per heavy atom. The third-order valence-electron chi connectivity index (χ3n) is 6.69. The predicted molar refractivity (Wildman–Crippen MR) is 107 cm³/mol. The van der Waals surface area contributed by atoms with Gasteiger partial charge in [-0.2, -0.15) is 10.2 Å². The van der Waals surface area contributed by atoms with Crippen molar-refractivity contribution >= 4 is 17.8 Å². The topological polar surface area (TPSA) is 42.2 Å². The summed E-state index contributed by atoms with van der Waals surface area (Å²) in [6.07, 6.45) is 6.63. The summed E-state index contributed by atoms with van der Waals surface area (Å²) in [5.74, 6) is 0.636. The summed E-state index contributed by atoms with van der Waals surface area (Å²) >= 11 is 6.56. The molecule has 4 nitrogen and oxygen atoms in total. The molecule has 2 aromatic rings. The van der Waals surface area contributed by atoms with Crippen LogP contribution in [0.1, 0.15) is 44.9 Å². The third-order valence-corrected chi connectivity index (χ3v) is 7.06. The van der Waals surface area contributed by atoms with Crippen LogP contribution in [0.5, 0.6) is 0 Å². The van der Waals surface area contributed by atoms with E-state index in [2.05, 4.69) is 42.5 Å². The van der Waals surface area contributed by atoms with Crippen molar-refractivity contribution in [3.05, 3.63) is 58.5 Å². The molecule has 0 aliphatic heterocycles. The second-order valence-electron chi connectivity index (χ2n) is 8.19. The summed E-state index contributed by atoms with van der Waals surface area (Å²) in [7, 11) is 0. The van der Waals surface area contributed by atoms with Crippen molar-refractivity contribution in [2.75, 3.05) is 0 Å². The van der Waals surface area contributed by atoms with E-state index in [1.54, 1.807) is 10.9 Å². The fourth-order valence-electron chi connectivity index (χ4n) is 4.42. The number of fused-ring (bicyclic) bond motifs is 2. The molecular weight excluding hydrogens is 344 g/mol. The molecule has 2 aliphatic carbocycles. The summed E-state index contributed by atoms with van der Waals surface area (Å²) in [6.45, 7) is 9.03. The predicted octanol–water partition coefficient (Wildman–Crippen LogP) is 5.10. The van der Waals surface area contributed by atoms with Crippen LogP contribution in [0.15, 0.2) is 47.2 Å². The van der Waals surface area contributed by atoms with Gasteiger partial charge in [0.15, 0.2) is 0 Å². The fourth-order valence-corrected chi connectivity index (χ4v) is 4.74. The number of para-hydroxylation sites is 1. The van der Waals surface area contributed by atoms with E-state index in [0.717, 1.165) is 16.9 Å². The van der Waals surface area contributed by atoms with E-state index in [1.807, 2.05) is 37.3 Å². The molecule has 136 valence electrons. The number of halogens is 1. The quantitative estimate of drug-likeness (QED) is 0.602. The highest BCUT2D eigenvalue weighted by atomic mass is 35.5. The molecule has 1 aromatic carbocycles. The van der Waals surface area contributed by atoms with Gasteiger partial charge in [0.2, 0.25) is 0 Å². The molecular formula is C21H25ClN4. The molecule has 0 saturated heterocycles. The summed E-state index contributed by atoms with van der Waals surface area (Å²) in [4.78, 5) is 0. The molecule has 0 spiro atoms. The van der Waals surface area contributed by atoms with Gasteiger partial charge in [-0.3, -0.25) is 5.43 Å². The van der Waals surface area contributed by atoms with Gasteiger partial charge in [-0.15, -0.1) is 0 Å². The molecule has 1 heterocycles. The lowest BCUT2D eigenvalue weighted by Gasteiger charge is -2.36. The first-order chi connectivity index (χ1) is 12.3. The Morgan fingerprint density at radius 3 is 2.62 bits per heavy atom. The lowest BCUT2D eigenvalue weighted by molar-refractivity contribution is 0.164. The van der Waals surface area contributed by atoms with E-state index >= 15 is 0 Å². The standard InChI is InChI=1S/C21H25ClN4/c1-14-17(19(22)26(25-14)16-8-6-5-7-9-16)13-23-24-18-12-15-10-11-21(18,4)20(15,2)3/h5-9,12-13,15,24H,10-11H2,1-4H3/b23-13-/t15-,21-/m0/s1. The molecule has 1 N–H and O–H groups in total. The molecule has 2 bridgehead atoms. The van der Waals surface area contributed by atoms with Crippen LogP contribution in [0.4, 0.5) is 0 Å². The average Bonchev–Trinajstić information content (AvgIpc) is 3.10. The second-order valence-corrected chi connectivity index (χ2v) is 8.54. The van der Waals surface area contributed by atoms with E-state index in [0.29, 0.717) is 11.1 Å². The maximum atomic E-state index is 6.56. The van der Waals surface area contributed by atoms with E-state index in [9.17, 15) is 0 Å². The number of rotatable bonds is 4. The Hall–Kier alpha value is -2.07. The number of hydrazone groups is 1. The normalized spacial score (nSPS) is 26.5. The summed E-state index contributed by atoms with van der Waals surface area (Å²) < 4.78 is 1.75. The zero-order valence-corrected chi connectivity index (χ0v) is 16.5. The van der Waals surface area contributed by atoms with Crippen molar-refractivity contribution < 1.29 is 0 Å². The van der Waals surface area contributed by atoms with Gasteiger partial charge in [0.1, 0.15) is 5.15 Å². The van der Waals surface area contributed by atoms with Crippen LogP contribution in [0.2, 0.25) is 5.15 Å². The van der Waals surface area contributed by atoms with Crippen LogP contribution in [0, 0.1) is 23.7 Å². The molecule has 0 amide bonds. The number of nitrogens with zero attached hydrogens (tertiary/aromatic N) is 3. The van der Waals surface area contributed by atoms with Gasteiger partial charge in [0, 0.05) is 11.1 Å². The van der Waals surface area contributed by atoms with Crippen molar-refractivity contribution in [3.8, 4) is 5.69 Å². The minimum absolute atomic E-state index is 0.169. The molecule has 1 fully saturated rings. The van der Waals surface area contributed by atoms with E-state index in [-0.39, 0.29) is 10.8 Å². The number of aromatic nitrogens is 2. The third kappa shape index (κ3) is 2.43.